The highest BCUT2D eigenvalue weighted by molar-refractivity contribution is 5.06. The van der Waals surface area contributed by atoms with Crippen molar-refractivity contribution in [2.75, 3.05) is 0 Å². The first kappa shape index (κ1) is 18.8. The van der Waals surface area contributed by atoms with E-state index in [1.165, 1.54) is 62.8 Å². The van der Waals surface area contributed by atoms with Gasteiger partial charge in [-0.25, -0.2) is 0 Å². The molecule has 0 aliphatic heterocycles. The summed E-state index contributed by atoms with van der Waals surface area (Å²) in [4.78, 5) is 0. The van der Waals surface area contributed by atoms with Gasteiger partial charge in [0.15, 0.2) is 0 Å². The molecule has 0 spiro atoms. The maximum atomic E-state index is 4.52. The predicted octanol–water partition coefficient (Wildman–Crippen LogP) is 5.13. The zero-order valence-electron chi connectivity index (χ0n) is 16.0. The molecule has 24 heavy (non-hydrogen) atoms. The van der Waals surface area contributed by atoms with Crippen molar-refractivity contribution >= 4 is 0 Å². The molecule has 0 bridgehead atoms. The molecule has 2 aromatic heterocycles. The van der Waals surface area contributed by atoms with Gasteiger partial charge in [0.05, 0.1) is 11.4 Å². The molecule has 0 radical (unpaired) electrons. The molecule has 0 aromatic carbocycles. The van der Waals surface area contributed by atoms with Crippen LogP contribution in [0, 0.1) is 27.7 Å². The second-order valence-electron chi connectivity index (χ2n) is 7.13. The Bertz CT molecular complexity index is 555. The largest absolute Gasteiger partial charge is 0.270 e. The van der Waals surface area contributed by atoms with Crippen LogP contribution >= 0.6 is 0 Å². The molecule has 134 valence electrons. The molecule has 0 aliphatic rings. The Labute approximate surface area is 147 Å². The summed E-state index contributed by atoms with van der Waals surface area (Å²) >= 11 is 0. The summed E-state index contributed by atoms with van der Waals surface area (Å²) in [6, 6.07) is 4.32. The molecule has 0 aliphatic carbocycles. The fourth-order valence-corrected chi connectivity index (χ4v) is 3.39. The van der Waals surface area contributed by atoms with Crippen LogP contribution in [0.1, 0.15) is 74.1 Å². The molecule has 0 amide bonds. The quantitative estimate of drug-likeness (QED) is 0.535. The van der Waals surface area contributed by atoms with E-state index in [2.05, 4.69) is 59.4 Å². The molecule has 0 unspecified atom stereocenters. The highest BCUT2D eigenvalue weighted by atomic mass is 15.3. The third kappa shape index (κ3) is 6.14. The van der Waals surface area contributed by atoms with Gasteiger partial charge in [-0.15, -0.1) is 0 Å². The first-order valence-electron chi connectivity index (χ1n) is 9.58. The van der Waals surface area contributed by atoms with Gasteiger partial charge in [0.25, 0.3) is 0 Å². The summed E-state index contributed by atoms with van der Waals surface area (Å²) < 4.78 is 4.29. The van der Waals surface area contributed by atoms with Gasteiger partial charge in [-0.1, -0.05) is 38.5 Å². The van der Waals surface area contributed by atoms with Crippen molar-refractivity contribution in [3.63, 3.8) is 0 Å². The summed E-state index contributed by atoms with van der Waals surface area (Å²) in [5, 5.41) is 9.04. The molecule has 2 heterocycles. The number of aryl methyl sites for hydroxylation is 6. The minimum atomic E-state index is 1.07. The Kier molecular flexibility index (Phi) is 7.54. The molecular formula is C20H34N4. The molecule has 0 saturated carbocycles. The number of hydrogen-bond donors (Lipinski definition) is 0. The van der Waals surface area contributed by atoms with Crippen LogP contribution in [-0.4, -0.2) is 19.6 Å². The van der Waals surface area contributed by atoms with E-state index in [-0.39, 0.29) is 0 Å². The molecule has 0 saturated heterocycles. The van der Waals surface area contributed by atoms with Crippen LogP contribution in [0.3, 0.4) is 0 Å². The zero-order chi connectivity index (χ0) is 17.4. The van der Waals surface area contributed by atoms with Crippen LogP contribution in [-0.2, 0) is 13.1 Å². The van der Waals surface area contributed by atoms with E-state index in [0.29, 0.717) is 0 Å². The molecule has 0 atom stereocenters. The highest BCUT2D eigenvalue weighted by Gasteiger charge is 2.01. The highest BCUT2D eigenvalue weighted by Crippen LogP contribution is 2.11. The smallest absolute Gasteiger partial charge is 0.0596 e. The normalized spacial score (nSPS) is 11.3. The monoisotopic (exact) mass is 330 g/mol. The predicted molar refractivity (Wildman–Crippen MR) is 100 cm³/mol. The van der Waals surface area contributed by atoms with Gasteiger partial charge < -0.3 is 0 Å². The molecule has 4 nitrogen and oxygen atoms in total. The van der Waals surface area contributed by atoms with Crippen LogP contribution in [0.2, 0.25) is 0 Å². The maximum absolute atomic E-state index is 4.52. The summed E-state index contributed by atoms with van der Waals surface area (Å²) in [6.45, 7) is 10.6. The van der Waals surface area contributed by atoms with Crippen LogP contribution in [0.25, 0.3) is 0 Å². The lowest BCUT2D eigenvalue weighted by Crippen LogP contribution is -2.02. The van der Waals surface area contributed by atoms with Crippen molar-refractivity contribution in [3.05, 3.63) is 34.9 Å². The Morgan fingerprint density at radius 1 is 0.583 bits per heavy atom. The van der Waals surface area contributed by atoms with E-state index in [4.69, 9.17) is 0 Å². The Morgan fingerprint density at radius 3 is 1.21 bits per heavy atom. The number of hydrogen-bond acceptors (Lipinski definition) is 2. The number of nitrogens with zero attached hydrogens (tertiary/aromatic N) is 4. The van der Waals surface area contributed by atoms with Crippen LogP contribution in [0.5, 0.6) is 0 Å². The summed E-state index contributed by atoms with van der Waals surface area (Å²) in [5.41, 5.74) is 4.84. The van der Waals surface area contributed by atoms with Crippen LogP contribution < -0.4 is 0 Å². The topological polar surface area (TPSA) is 35.6 Å². The second-order valence-corrected chi connectivity index (χ2v) is 7.13. The van der Waals surface area contributed by atoms with Gasteiger partial charge in [-0.3, -0.25) is 9.36 Å². The Hall–Kier alpha value is -1.58. The number of unbranched alkanes of at least 4 members (excludes halogenated alkanes) is 7. The van der Waals surface area contributed by atoms with Crippen LogP contribution in [0.15, 0.2) is 12.1 Å². The fraction of sp³-hybridized carbons (Fsp3) is 0.700. The lowest BCUT2D eigenvalue weighted by atomic mass is 10.1. The Morgan fingerprint density at radius 2 is 0.917 bits per heavy atom. The van der Waals surface area contributed by atoms with Gasteiger partial charge in [0, 0.05) is 24.5 Å². The van der Waals surface area contributed by atoms with Crippen molar-refractivity contribution in [2.24, 2.45) is 0 Å². The van der Waals surface area contributed by atoms with E-state index < -0.39 is 0 Å². The van der Waals surface area contributed by atoms with E-state index in [1.54, 1.807) is 0 Å². The minimum absolute atomic E-state index is 1.07. The average molecular weight is 331 g/mol. The van der Waals surface area contributed by atoms with Gasteiger partial charge in [-0.05, 0) is 52.7 Å². The van der Waals surface area contributed by atoms with Gasteiger partial charge in [-0.2, -0.15) is 10.2 Å². The average Bonchev–Trinajstić information content (AvgIpc) is 3.02. The Balaban J connectivity index is 1.43. The third-order valence-electron chi connectivity index (χ3n) is 4.70. The van der Waals surface area contributed by atoms with Crippen molar-refractivity contribution in [3.8, 4) is 0 Å². The first-order chi connectivity index (χ1) is 11.6. The van der Waals surface area contributed by atoms with Crippen molar-refractivity contribution in [2.45, 2.75) is 92.2 Å². The zero-order valence-corrected chi connectivity index (χ0v) is 16.0. The summed E-state index contributed by atoms with van der Waals surface area (Å²) in [7, 11) is 0. The molecule has 4 heteroatoms. The van der Waals surface area contributed by atoms with Crippen molar-refractivity contribution < 1.29 is 0 Å². The van der Waals surface area contributed by atoms with E-state index >= 15 is 0 Å². The second kappa shape index (κ2) is 9.65. The molecule has 2 aromatic rings. The minimum Gasteiger partial charge on any atom is -0.270 e. The van der Waals surface area contributed by atoms with Gasteiger partial charge >= 0.3 is 0 Å². The SMILES string of the molecule is Cc1cc(C)n(CCCCCCCCCCn2nc(C)cc2C)n1. The number of aromatic nitrogens is 4. The summed E-state index contributed by atoms with van der Waals surface area (Å²) in [5.74, 6) is 0. The first-order valence-corrected chi connectivity index (χ1v) is 9.58. The summed E-state index contributed by atoms with van der Waals surface area (Å²) in [6.07, 6.45) is 10.6. The van der Waals surface area contributed by atoms with E-state index in [1.807, 2.05) is 0 Å². The van der Waals surface area contributed by atoms with E-state index in [9.17, 15) is 0 Å². The lowest BCUT2D eigenvalue weighted by molar-refractivity contribution is 0.495. The molecule has 2 rings (SSSR count). The standard InChI is InChI=1S/C20H34N4/c1-17-15-19(3)23(21-17)13-11-9-7-5-6-8-10-12-14-24-20(4)16-18(2)22-24/h15-16H,5-14H2,1-4H3. The van der Waals surface area contributed by atoms with Gasteiger partial charge in [0.1, 0.15) is 0 Å². The van der Waals surface area contributed by atoms with Crippen molar-refractivity contribution in [1.29, 1.82) is 0 Å². The fourth-order valence-electron chi connectivity index (χ4n) is 3.39. The molecule has 0 fully saturated rings. The van der Waals surface area contributed by atoms with E-state index in [0.717, 1.165) is 24.5 Å². The maximum Gasteiger partial charge on any atom is 0.0596 e. The van der Waals surface area contributed by atoms with Gasteiger partial charge in [0.2, 0.25) is 0 Å². The van der Waals surface area contributed by atoms with Crippen molar-refractivity contribution in [1.82, 2.24) is 19.6 Å². The molecular weight excluding hydrogens is 296 g/mol. The number of rotatable bonds is 11. The molecule has 0 N–H and O–H groups in total. The van der Waals surface area contributed by atoms with Crippen LogP contribution in [0.4, 0.5) is 0 Å². The lowest BCUT2D eigenvalue weighted by Gasteiger charge is -2.06. The third-order valence-corrected chi connectivity index (χ3v) is 4.70.